The molecule has 7 nitrogen and oxygen atoms in total. The zero-order chi connectivity index (χ0) is 18.1. The summed E-state index contributed by atoms with van der Waals surface area (Å²) in [6.07, 6.45) is 4.75. The van der Waals surface area contributed by atoms with Crippen LogP contribution in [0.4, 0.5) is 0 Å². The summed E-state index contributed by atoms with van der Waals surface area (Å²) in [5, 5.41) is 9.61. The normalized spacial score (nSPS) is 11.3. The van der Waals surface area contributed by atoms with E-state index in [4.69, 9.17) is 4.52 Å². The van der Waals surface area contributed by atoms with Crippen molar-refractivity contribution >= 4 is 10.8 Å². The Hall–Kier alpha value is -3.22. The molecule has 0 saturated carbocycles. The predicted molar refractivity (Wildman–Crippen MR) is 97.4 cm³/mol. The zero-order valence-corrected chi connectivity index (χ0v) is 14.7. The van der Waals surface area contributed by atoms with Crippen LogP contribution in [0.25, 0.3) is 16.5 Å². The van der Waals surface area contributed by atoms with Crippen molar-refractivity contribution in [1.82, 2.24) is 24.5 Å². The molecule has 0 atom stereocenters. The number of nitrogens with zero attached hydrogens (tertiary/aromatic N) is 5. The third-order valence-electron chi connectivity index (χ3n) is 4.72. The zero-order valence-electron chi connectivity index (χ0n) is 14.7. The van der Waals surface area contributed by atoms with Gasteiger partial charge in [-0.3, -0.25) is 4.79 Å². The minimum Gasteiger partial charge on any atom is -0.348 e. The number of para-hydroxylation sites is 1. The van der Waals surface area contributed by atoms with E-state index in [0.717, 1.165) is 40.8 Å². The van der Waals surface area contributed by atoms with Gasteiger partial charge in [-0.2, -0.15) is 14.8 Å². The smallest absolute Gasteiger partial charge is 0.281 e. The van der Waals surface area contributed by atoms with Crippen molar-refractivity contribution in [2.75, 3.05) is 0 Å². The third kappa shape index (κ3) is 2.71. The van der Waals surface area contributed by atoms with Gasteiger partial charge in [0.1, 0.15) is 0 Å². The van der Waals surface area contributed by atoms with Gasteiger partial charge in [-0.25, -0.2) is 0 Å². The highest BCUT2D eigenvalue weighted by Gasteiger charge is 2.16. The lowest BCUT2D eigenvalue weighted by Gasteiger charge is -2.07. The van der Waals surface area contributed by atoms with E-state index in [1.807, 2.05) is 44.2 Å². The lowest BCUT2D eigenvalue weighted by Crippen LogP contribution is -2.21. The second kappa shape index (κ2) is 6.59. The van der Waals surface area contributed by atoms with Gasteiger partial charge in [0.15, 0.2) is 6.33 Å². The minimum absolute atomic E-state index is 0.0926. The average molecular weight is 349 g/mol. The monoisotopic (exact) mass is 349 g/mol. The fourth-order valence-corrected chi connectivity index (χ4v) is 3.39. The summed E-state index contributed by atoms with van der Waals surface area (Å²) in [6.45, 7) is 4.79. The van der Waals surface area contributed by atoms with E-state index in [2.05, 4.69) is 19.8 Å². The molecule has 0 bridgehead atoms. The molecule has 4 rings (SSSR count). The van der Waals surface area contributed by atoms with Crippen LogP contribution in [0.15, 0.2) is 52.2 Å². The van der Waals surface area contributed by atoms with Crippen LogP contribution in [-0.4, -0.2) is 24.5 Å². The Morgan fingerprint density at radius 3 is 2.65 bits per heavy atom. The Morgan fingerprint density at radius 2 is 1.92 bits per heavy atom. The number of aromatic nitrogens is 5. The molecule has 26 heavy (non-hydrogen) atoms. The van der Waals surface area contributed by atoms with E-state index < -0.39 is 0 Å². The summed E-state index contributed by atoms with van der Waals surface area (Å²) in [5.41, 5.74) is 2.68. The van der Waals surface area contributed by atoms with Gasteiger partial charge in [-0.1, -0.05) is 23.4 Å². The van der Waals surface area contributed by atoms with Crippen molar-refractivity contribution in [3.63, 3.8) is 0 Å². The number of aryl methyl sites for hydroxylation is 3. The molecule has 0 amide bonds. The van der Waals surface area contributed by atoms with Crippen LogP contribution < -0.4 is 5.56 Å². The van der Waals surface area contributed by atoms with Crippen LogP contribution >= 0.6 is 0 Å². The number of fused-ring (bicyclic) bond motifs is 1. The van der Waals surface area contributed by atoms with Gasteiger partial charge in [-0.05, 0) is 32.4 Å². The molecule has 4 aromatic rings. The van der Waals surface area contributed by atoms with Gasteiger partial charge in [-0.15, -0.1) is 0 Å². The van der Waals surface area contributed by atoms with Crippen molar-refractivity contribution in [3.05, 3.63) is 70.5 Å². The topological polar surface area (TPSA) is 78.7 Å². The third-order valence-corrected chi connectivity index (χ3v) is 4.72. The highest BCUT2D eigenvalue weighted by Crippen LogP contribution is 2.23. The van der Waals surface area contributed by atoms with Gasteiger partial charge < -0.3 is 9.09 Å². The van der Waals surface area contributed by atoms with E-state index in [9.17, 15) is 4.79 Å². The number of benzene rings is 1. The maximum Gasteiger partial charge on any atom is 0.281 e. The van der Waals surface area contributed by atoms with Crippen LogP contribution in [0.2, 0.25) is 0 Å². The molecule has 0 unspecified atom stereocenters. The van der Waals surface area contributed by atoms with Crippen LogP contribution in [0.3, 0.4) is 0 Å². The molecule has 1 aromatic carbocycles. The summed E-state index contributed by atoms with van der Waals surface area (Å²) in [4.78, 5) is 17.1. The maximum atomic E-state index is 13.0. The number of hydrogen-bond donors (Lipinski definition) is 0. The summed E-state index contributed by atoms with van der Waals surface area (Å²) < 4.78 is 8.66. The van der Waals surface area contributed by atoms with Crippen molar-refractivity contribution in [2.45, 2.75) is 33.2 Å². The van der Waals surface area contributed by atoms with Gasteiger partial charge in [0.05, 0.1) is 17.3 Å². The van der Waals surface area contributed by atoms with Crippen LogP contribution in [0.5, 0.6) is 0 Å². The van der Waals surface area contributed by atoms with Crippen molar-refractivity contribution in [2.24, 2.45) is 0 Å². The molecule has 0 saturated heterocycles. The highest BCUT2D eigenvalue weighted by atomic mass is 16.5. The highest BCUT2D eigenvalue weighted by molar-refractivity contribution is 5.87. The summed E-state index contributed by atoms with van der Waals surface area (Å²) in [7, 11) is 0. The second-order valence-corrected chi connectivity index (χ2v) is 6.25. The molecule has 0 N–H and O–H groups in total. The van der Waals surface area contributed by atoms with Crippen LogP contribution in [0.1, 0.15) is 23.7 Å². The van der Waals surface area contributed by atoms with Crippen molar-refractivity contribution in [3.8, 4) is 5.69 Å². The summed E-state index contributed by atoms with van der Waals surface area (Å²) >= 11 is 0. The number of rotatable bonds is 5. The minimum atomic E-state index is -0.0926. The first-order valence-electron chi connectivity index (χ1n) is 8.55. The first-order valence-corrected chi connectivity index (χ1v) is 8.55. The van der Waals surface area contributed by atoms with E-state index in [1.54, 1.807) is 6.20 Å². The Kier molecular flexibility index (Phi) is 4.12. The van der Waals surface area contributed by atoms with Gasteiger partial charge >= 0.3 is 0 Å². The van der Waals surface area contributed by atoms with Crippen LogP contribution in [-0.2, 0) is 13.0 Å². The second-order valence-electron chi connectivity index (χ2n) is 6.25. The van der Waals surface area contributed by atoms with Gasteiger partial charge in [0.2, 0.25) is 5.89 Å². The molecule has 3 heterocycles. The lowest BCUT2D eigenvalue weighted by atomic mass is 10.2. The number of hydrogen-bond acceptors (Lipinski definition) is 5. The van der Waals surface area contributed by atoms with E-state index in [-0.39, 0.29) is 5.56 Å². The molecule has 0 aliphatic rings. The molecular formula is C19H19N5O2. The molecule has 0 radical (unpaired) electrons. The lowest BCUT2D eigenvalue weighted by molar-refractivity contribution is 0.371. The molecular weight excluding hydrogens is 330 g/mol. The SMILES string of the molecule is Cc1c2cnn(-c3ccccc3)c(=O)c2c(C)n1CCCc1ncno1. The first kappa shape index (κ1) is 16.3. The fourth-order valence-electron chi connectivity index (χ4n) is 3.39. The average Bonchev–Trinajstić information content (AvgIpc) is 3.25. The predicted octanol–water partition coefficient (Wildman–Crippen LogP) is 2.82. The van der Waals surface area contributed by atoms with E-state index >= 15 is 0 Å². The Labute approximate surface area is 149 Å². The molecule has 0 aliphatic carbocycles. The van der Waals surface area contributed by atoms with Gasteiger partial charge in [0, 0.05) is 29.7 Å². The van der Waals surface area contributed by atoms with Crippen molar-refractivity contribution in [1.29, 1.82) is 0 Å². The standard InChI is InChI=1S/C19H19N5O2/c1-13-16-11-21-24(15-7-4-3-5-8-15)19(25)18(16)14(2)23(13)10-6-9-17-20-12-22-26-17/h3-5,7-8,11-12H,6,9-10H2,1-2H3. The molecule has 0 fully saturated rings. The van der Waals surface area contributed by atoms with Crippen molar-refractivity contribution < 1.29 is 4.52 Å². The Morgan fingerprint density at radius 1 is 1.12 bits per heavy atom. The van der Waals surface area contributed by atoms with Gasteiger partial charge in [0.25, 0.3) is 5.56 Å². The van der Waals surface area contributed by atoms with Crippen LogP contribution in [0, 0.1) is 13.8 Å². The molecule has 7 heteroatoms. The molecule has 0 aliphatic heterocycles. The van der Waals surface area contributed by atoms with E-state index in [1.165, 1.54) is 11.0 Å². The summed E-state index contributed by atoms with van der Waals surface area (Å²) in [6, 6.07) is 9.47. The Balaban J connectivity index is 1.71. The molecule has 0 spiro atoms. The summed E-state index contributed by atoms with van der Waals surface area (Å²) in [5.74, 6) is 0.630. The molecule has 132 valence electrons. The molecule has 3 aromatic heterocycles. The maximum absolute atomic E-state index is 13.0. The quantitative estimate of drug-likeness (QED) is 0.553. The Bertz CT molecular complexity index is 1090. The fraction of sp³-hybridized carbons (Fsp3) is 0.263. The first-order chi connectivity index (χ1) is 12.7. The largest absolute Gasteiger partial charge is 0.348 e. The van der Waals surface area contributed by atoms with E-state index in [0.29, 0.717) is 12.3 Å².